The van der Waals surface area contributed by atoms with Gasteiger partial charge in [-0.05, 0) is 37.6 Å². The van der Waals surface area contributed by atoms with Crippen molar-refractivity contribution in [2.75, 3.05) is 0 Å². The van der Waals surface area contributed by atoms with Crippen molar-refractivity contribution < 1.29 is 4.52 Å². The number of hydrogen-bond acceptors (Lipinski definition) is 5. The molecule has 0 unspecified atom stereocenters. The summed E-state index contributed by atoms with van der Waals surface area (Å²) in [5.74, 6) is 0.579. The third-order valence-electron chi connectivity index (χ3n) is 4.25. The minimum Gasteiger partial charge on any atom is -0.346 e. The van der Waals surface area contributed by atoms with Crippen LogP contribution in [0.4, 0.5) is 0 Å². The van der Waals surface area contributed by atoms with Gasteiger partial charge in [-0.1, -0.05) is 29.8 Å². The van der Waals surface area contributed by atoms with E-state index in [-0.39, 0.29) is 11.3 Å². The fourth-order valence-electron chi connectivity index (χ4n) is 3.02. The van der Waals surface area contributed by atoms with Crippen LogP contribution >= 0.6 is 0 Å². The molecule has 0 spiro atoms. The number of aryl methyl sites for hydroxylation is 2. The third-order valence-corrected chi connectivity index (χ3v) is 4.25. The Balaban J connectivity index is 1.90. The average molecular weight is 346 g/mol. The van der Waals surface area contributed by atoms with Crippen LogP contribution in [0.1, 0.15) is 18.9 Å². The quantitative estimate of drug-likeness (QED) is 0.561. The van der Waals surface area contributed by atoms with Crippen molar-refractivity contribution in [2.45, 2.75) is 26.8 Å². The molecule has 0 saturated heterocycles. The lowest BCUT2D eigenvalue weighted by Gasteiger charge is -2.11. The van der Waals surface area contributed by atoms with Crippen LogP contribution in [-0.2, 0) is 6.54 Å². The van der Waals surface area contributed by atoms with E-state index in [1.54, 1.807) is 18.5 Å². The fourth-order valence-corrected chi connectivity index (χ4v) is 3.02. The minimum absolute atomic E-state index is 0.104. The Hall–Kier alpha value is -3.28. The Bertz CT molecular complexity index is 1130. The van der Waals surface area contributed by atoms with Crippen molar-refractivity contribution in [1.82, 2.24) is 19.7 Å². The van der Waals surface area contributed by atoms with E-state index in [9.17, 15) is 4.79 Å². The molecule has 0 fully saturated rings. The van der Waals surface area contributed by atoms with Crippen LogP contribution in [0.15, 0.2) is 58.1 Å². The molecule has 6 heteroatoms. The number of rotatable bonds is 4. The minimum atomic E-state index is -0.104. The molecule has 0 aliphatic rings. The second-order valence-corrected chi connectivity index (χ2v) is 6.22. The lowest BCUT2D eigenvalue weighted by molar-refractivity contribution is 0.431. The Morgan fingerprint density at radius 2 is 2.08 bits per heavy atom. The van der Waals surface area contributed by atoms with E-state index in [0.717, 1.165) is 24.0 Å². The molecule has 0 amide bonds. The van der Waals surface area contributed by atoms with Crippen LogP contribution in [0.3, 0.4) is 0 Å². The Kier molecular flexibility index (Phi) is 4.08. The zero-order chi connectivity index (χ0) is 18.1. The van der Waals surface area contributed by atoms with Gasteiger partial charge in [0.15, 0.2) is 0 Å². The highest BCUT2D eigenvalue weighted by molar-refractivity contribution is 5.83. The van der Waals surface area contributed by atoms with Gasteiger partial charge >= 0.3 is 0 Å². The predicted molar refractivity (Wildman–Crippen MR) is 99.8 cm³/mol. The van der Waals surface area contributed by atoms with Crippen molar-refractivity contribution in [2.24, 2.45) is 0 Å². The molecule has 0 aliphatic heterocycles. The van der Waals surface area contributed by atoms with Gasteiger partial charge in [-0.25, -0.2) is 0 Å². The van der Waals surface area contributed by atoms with Crippen LogP contribution < -0.4 is 5.43 Å². The number of hydrogen-bond donors (Lipinski definition) is 0. The molecular weight excluding hydrogens is 328 g/mol. The first-order chi connectivity index (χ1) is 12.7. The van der Waals surface area contributed by atoms with Crippen LogP contribution in [0.25, 0.3) is 33.9 Å². The molecule has 0 atom stereocenters. The maximum atomic E-state index is 13.0. The smallest absolute Gasteiger partial charge is 0.263 e. The summed E-state index contributed by atoms with van der Waals surface area (Å²) in [5, 5.41) is 4.64. The average Bonchev–Trinajstić information content (AvgIpc) is 3.15. The molecule has 0 bridgehead atoms. The molecule has 3 heterocycles. The molecule has 26 heavy (non-hydrogen) atoms. The summed E-state index contributed by atoms with van der Waals surface area (Å²) < 4.78 is 7.45. The largest absolute Gasteiger partial charge is 0.346 e. The highest BCUT2D eigenvalue weighted by Gasteiger charge is 2.17. The number of aromatic nitrogens is 4. The van der Waals surface area contributed by atoms with Gasteiger partial charge in [0.25, 0.3) is 5.89 Å². The van der Waals surface area contributed by atoms with E-state index in [1.165, 1.54) is 0 Å². The van der Waals surface area contributed by atoms with Gasteiger partial charge in [0.05, 0.1) is 5.52 Å². The topological polar surface area (TPSA) is 73.8 Å². The summed E-state index contributed by atoms with van der Waals surface area (Å²) in [5.41, 5.74) is 2.86. The molecule has 1 aromatic carbocycles. The molecule has 4 aromatic rings. The number of fused-ring (bicyclic) bond motifs is 1. The first-order valence-electron chi connectivity index (χ1n) is 8.56. The first kappa shape index (κ1) is 16.2. The van der Waals surface area contributed by atoms with Crippen molar-refractivity contribution in [3.63, 3.8) is 0 Å². The lowest BCUT2D eigenvalue weighted by Crippen LogP contribution is -2.12. The van der Waals surface area contributed by atoms with Crippen LogP contribution in [-0.4, -0.2) is 19.7 Å². The predicted octanol–water partition coefficient (Wildman–Crippen LogP) is 3.83. The molecule has 3 aromatic heterocycles. The normalized spacial score (nSPS) is 11.2. The number of nitrogens with zero attached hydrogens (tertiary/aromatic N) is 4. The maximum Gasteiger partial charge on any atom is 0.263 e. The molecular formula is C20H18N4O2. The summed E-state index contributed by atoms with van der Waals surface area (Å²) in [6.45, 7) is 4.87. The summed E-state index contributed by atoms with van der Waals surface area (Å²) in [4.78, 5) is 21.6. The third kappa shape index (κ3) is 2.79. The molecule has 130 valence electrons. The highest BCUT2D eigenvalue weighted by atomic mass is 16.5. The SMILES string of the molecule is CCCn1cc(-c2nc(-c3ccccn3)no2)c(=O)c2cc(C)ccc21. The van der Waals surface area contributed by atoms with E-state index >= 15 is 0 Å². The van der Waals surface area contributed by atoms with Crippen LogP contribution in [0, 0.1) is 6.92 Å². The van der Waals surface area contributed by atoms with E-state index in [2.05, 4.69) is 26.6 Å². The zero-order valence-electron chi connectivity index (χ0n) is 14.6. The van der Waals surface area contributed by atoms with Gasteiger partial charge in [-0.2, -0.15) is 4.98 Å². The maximum absolute atomic E-state index is 13.0. The first-order valence-corrected chi connectivity index (χ1v) is 8.56. The Morgan fingerprint density at radius 1 is 1.19 bits per heavy atom. The van der Waals surface area contributed by atoms with E-state index in [4.69, 9.17) is 4.52 Å². The van der Waals surface area contributed by atoms with Gasteiger partial charge in [0, 0.05) is 24.3 Å². The monoisotopic (exact) mass is 346 g/mol. The Labute approximate surface area is 150 Å². The summed E-state index contributed by atoms with van der Waals surface area (Å²) in [6.07, 6.45) is 4.42. The van der Waals surface area contributed by atoms with Gasteiger partial charge < -0.3 is 9.09 Å². The molecule has 0 aliphatic carbocycles. The van der Waals surface area contributed by atoms with E-state index < -0.39 is 0 Å². The van der Waals surface area contributed by atoms with Crippen molar-refractivity contribution >= 4 is 10.9 Å². The van der Waals surface area contributed by atoms with Gasteiger partial charge in [-0.15, -0.1) is 0 Å². The van der Waals surface area contributed by atoms with Crippen molar-refractivity contribution in [3.05, 3.63) is 64.6 Å². The van der Waals surface area contributed by atoms with E-state index in [1.807, 2.05) is 37.3 Å². The van der Waals surface area contributed by atoms with E-state index in [0.29, 0.717) is 22.5 Å². The summed E-state index contributed by atoms with van der Waals surface area (Å²) in [6, 6.07) is 11.4. The highest BCUT2D eigenvalue weighted by Crippen LogP contribution is 2.22. The Morgan fingerprint density at radius 3 is 2.85 bits per heavy atom. The van der Waals surface area contributed by atoms with Crippen molar-refractivity contribution in [1.29, 1.82) is 0 Å². The zero-order valence-corrected chi connectivity index (χ0v) is 14.6. The second-order valence-electron chi connectivity index (χ2n) is 6.22. The fraction of sp³-hybridized carbons (Fsp3) is 0.200. The van der Waals surface area contributed by atoms with Gasteiger partial charge in [0.1, 0.15) is 11.3 Å². The van der Waals surface area contributed by atoms with Gasteiger partial charge in [0.2, 0.25) is 11.3 Å². The molecule has 0 N–H and O–H groups in total. The molecule has 0 radical (unpaired) electrons. The second kappa shape index (κ2) is 6.55. The summed E-state index contributed by atoms with van der Waals surface area (Å²) >= 11 is 0. The van der Waals surface area contributed by atoms with Gasteiger partial charge in [-0.3, -0.25) is 9.78 Å². The molecule has 0 saturated carbocycles. The number of pyridine rings is 2. The standard InChI is InChI=1S/C20H18N4O2/c1-3-10-24-12-15(18(25)14-11-13(2)7-8-17(14)24)20-22-19(23-26-20)16-6-4-5-9-21-16/h4-9,11-12H,3,10H2,1-2H3. The van der Waals surface area contributed by atoms with Crippen molar-refractivity contribution in [3.8, 4) is 23.0 Å². The van der Waals surface area contributed by atoms with Crippen LogP contribution in [0.2, 0.25) is 0 Å². The molecule has 4 rings (SSSR count). The summed E-state index contributed by atoms with van der Waals surface area (Å²) in [7, 11) is 0. The number of benzene rings is 1. The van der Waals surface area contributed by atoms with Crippen LogP contribution in [0.5, 0.6) is 0 Å². The lowest BCUT2D eigenvalue weighted by atomic mass is 10.1. The molecule has 6 nitrogen and oxygen atoms in total.